The Morgan fingerprint density at radius 2 is 1.34 bits per heavy atom. The van der Waals surface area contributed by atoms with Crippen LogP contribution in [0, 0.1) is 0 Å². The molecule has 0 aliphatic carbocycles. The van der Waals surface area contributed by atoms with Gasteiger partial charge in [0.05, 0.1) is 12.5 Å². The van der Waals surface area contributed by atoms with Gasteiger partial charge in [0, 0.05) is 19.4 Å². The van der Waals surface area contributed by atoms with Crippen molar-refractivity contribution in [2.75, 3.05) is 6.54 Å². The number of phenols is 1. The number of carbonyl (C=O) groups excluding carboxylic acids is 3. The van der Waals surface area contributed by atoms with Gasteiger partial charge < -0.3 is 53.6 Å². The summed E-state index contributed by atoms with van der Waals surface area (Å²) < 4.78 is 0. The molecule has 4 atom stereocenters. The van der Waals surface area contributed by atoms with E-state index in [2.05, 4.69) is 20.9 Å². The summed E-state index contributed by atoms with van der Waals surface area (Å²) in [5.41, 5.74) is 16.8. The van der Waals surface area contributed by atoms with Crippen molar-refractivity contribution in [2.24, 2.45) is 22.2 Å². The third-order valence-corrected chi connectivity index (χ3v) is 5.59. The number of carboxylic acids is 3. The summed E-state index contributed by atoms with van der Waals surface area (Å²) >= 11 is 0. The molecule has 41 heavy (non-hydrogen) atoms. The van der Waals surface area contributed by atoms with Gasteiger partial charge in [0.25, 0.3) is 0 Å². The predicted octanol–water partition coefficient (Wildman–Crippen LogP) is -2.81. The van der Waals surface area contributed by atoms with E-state index < -0.39 is 72.6 Å². The number of hydrogen-bond donors (Lipinski definition) is 10. The summed E-state index contributed by atoms with van der Waals surface area (Å²) in [6, 6.07) is -0.149. The molecule has 0 radical (unpaired) electrons. The number of nitrogens with two attached hydrogens (primary N) is 3. The van der Waals surface area contributed by atoms with Gasteiger partial charge in [-0.2, -0.15) is 0 Å². The second kappa shape index (κ2) is 16.9. The fourth-order valence-electron chi connectivity index (χ4n) is 3.46. The summed E-state index contributed by atoms with van der Waals surface area (Å²) in [6.45, 7) is 0.0472. The smallest absolute Gasteiger partial charge is 0.326 e. The number of benzene rings is 1. The molecule has 17 heteroatoms. The molecule has 0 spiro atoms. The van der Waals surface area contributed by atoms with Gasteiger partial charge in [-0.15, -0.1) is 0 Å². The number of hydrogen-bond acceptors (Lipinski definition) is 9. The Labute approximate surface area is 234 Å². The summed E-state index contributed by atoms with van der Waals surface area (Å²) in [7, 11) is 0. The average Bonchev–Trinajstić information content (AvgIpc) is 2.88. The third-order valence-electron chi connectivity index (χ3n) is 5.59. The molecule has 1 rings (SSSR count). The maximum atomic E-state index is 13.3. The van der Waals surface area contributed by atoms with Crippen molar-refractivity contribution in [2.45, 2.75) is 62.7 Å². The molecule has 0 aromatic heterocycles. The zero-order valence-electron chi connectivity index (χ0n) is 22.0. The van der Waals surface area contributed by atoms with Gasteiger partial charge in [-0.05, 0) is 37.0 Å². The monoisotopic (exact) mass is 581 g/mol. The van der Waals surface area contributed by atoms with E-state index in [1.165, 1.54) is 24.3 Å². The van der Waals surface area contributed by atoms with Crippen LogP contribution < -0.4 is 33.2 Å². The van der Waals surface area contributed by atoms with Crippen LogP contribution in [-0.2, 0) is 35.2 Å². The number of aromatic hydroxyl groups is 1. The lowest BCUT2D eigenvalue weighted by molar-refractivity contribution is -0.147. The molecule has 13 N–H and O–H groups in total. The van der Waals surface area contributed by atoms with E-state index in [0.29, 0.717) is 5.56 Å². The maximum absolute atomic E-state index is 13.3. The summed E-state index contributed by atoms with van der Waals surface area (Å²) in [5.74, 6) is -7.29. The molecule has 17 nitrogen and oxygen atoms in total. The van der Waals surface area contributed by atoms with Crippen molar-refractivity contribution >= 4 is 41.6 Å². The van der Waals surface area contributed by atoms with E-state index in [4.69, 9.17) is 27.4 Å². The number of nitrogens with one attached hydrogen (secondary N) is 3. The van der Waals surface area contributed by atoms with Crippen molar-refractivity contribution in [1.29, 1.82) is 0 Å². The molecule has 0 saturated heterocycles. The molecule has 1 aromatic rings. The summed E-state index contributed by atoms with van der Waals surface area (Å²) in [5, 5.41) is 43.6. The Bertz CT molecular complexity index is 1120. The van der Waals surface area contributed by atoms with Crippen molar-refractivity contribution in [3.8, 4) is 5.75 Å². The molecule has 0 bridgehead atoms. The van der Waals surface area contributed by atoms with Gasteiger partial charge in [0.15, 0.2) is 5.96 Å². The lowest BCUT2D eigenvalue weighted by atomic mass is 10.0. The summed E-state index contributed by atoms with van der Waals surface area (Å²) in [4.78, 5) is 76.0. The highest BCUT2D eigenvalue weighted by molar-refractivity contribution is 5.94. The molecule has 3 amide bonds. The van der Waals surface area contributed by atoms with Gasteiger partial charge in [-0.1, -0.05) is 12.1 Å². The van der Waals surface area contributed by atoms with Crippen molar-refractivity contribution in [3.05, 3.63) is 29.8 Å². The van der Waals surface area contributed by atoms with E-state index in [9.17, 15) is 39.0 Å². The number of phenolic OH excluding ortho intramolecular Hbond substituents is 1. The third kappa shape index (κ3) is 13.6. The Balaban J connectivity index is 3.20. The molecule has 4 unspecified atom stereocenters. The normalized spacial score (nSPS) is 13.5. The number of amides is 3. The van der Waals surface area contributed by atoms with E-state index >= 15 is 0 Å². The fourth-order valence-corrected chi connectivity index (χ4v) is 3.46. The number of carboxylic acid groups (broad SMARTS) is 3. The second-order valence-corrected chi connectivity index (χ2v) is 8.98. The highest BCUT2D eigenvalue weighted by Crippen LogP contribution is 2.12. The second-order valence-electron chi connectivity index (χ2n) is 8.98. The predicted molar refractivity (Wildman–Crippen MR) is 142 cm³/mol. The van der Waals surface area contributed by atoms with Gasteiger partial charge in [-0.25, -0.2) is 4.79 Å². The molecule has 0 aliphatic rings. The number of rotatable bonds is 18. The van der Waals surface area contributed by atoms with E-state index in [0.717, 1.165) is 0 Å². The highest BCUT2D eigenvalue weighted by atomic mass is 16.4. The fraction of sp³-hybridized carbons (Fsp3) is 0.458. The highest BCUT2D eigenvalue weighted by Gasteiger charge is 2.31. The molecule has 0 aliphatic heterocycles. The van der Waals surface area contributed by atoms with Gasteiger partial charge in [0.1, 0.15) is 23.9 Å². The minimum atomic E-state index is -1.79. The minimum absolute atomic E-state index is 0.0472. The Hall–Kier alpha value is -4.93. The van der Waals surface area contributed by atoms with Crippen LogP contribution in [0.4, 0.5) is 0 Å². The zero-order chi connectivity index (χ0) is 31.1. The first-order valence-electron chi connectivity index (χ1n) is 12.4. The first kappa shape index (κ1) is 34.1. The van der Waals surface area contributed by atoms with Crippen LogP contribution >= 0.6 is 0 Å². The van der Waals surface area contributed by atoms with Crippen molar-refractivity contribution < 1.29 is 49.2 Å². The van der Waals surface area contributed by atoms with E-state index in [-0.39, 0.29) is 43.9 Å². The Kier molecular flexibility index (Phi) is 14.1. The van der Waals surface area contributed by atoms with Crippen LogP contribution in [0.1, 0.15) is 37.7 Å². The first-order valence-corrected chi connectivity index (χ1v) is 12.4. The number of aliphatic imine (C=N–C) groups is 1. The van der Waals surface area contributed by atoms with Gasteiger partial charge in [0.2, 0.25) is 17.7 Å². The topological polar surface area (TPSA) is 310 Å². The zero-order valence-corrected chi connectivity index (χ0v) is 22.0. The molecule has 0 heterocycles. The quantitative estimate of drug-likeness (QED) is 0.0476. The molecule has 1 aromatic carbocycles. The number of aliphatic carboxylic acids is 3. The van der Waals surface area contributed by atoms with E-state index in [1.54, 1.807) is 0 Å². The van der Waals surface area contributed by atoms with E-state index in [1.807, 2.05) is 0 Å². The van der Waals surface area contributed by atoms with Crippen LogP contribution in [0.3, 0.4) is 0 Å². The van der Waals surface area contributed by atoms with Crippen molar-refractivity contribution in [1.82, 2.24) is 16.0 Å². The SMILES string of the molecule is NC(N)=NCCCC(NC(=O)C(Cc1ccc(O)cc1)NC(=O)C(N)CCC(=O)O)C(=O)NC(CC(=O)O)C(=O)O. The molecular formula is C24H35N7O10. The molecule has 0 saturated carbocycles. The Morgan fingerprint density at radius 3 is 1.88 bits per heavy atom. The van der Waals surface area contributed by atoms with Crippen LogP contribution in [0.15, 0.2) is 29.3 Å². The summed E-state index contributed by atoms with van der Waals surface area (Å²) in [6.07, 6.45) is -1.65. The first-order chi connectivity index (χ1) is 19.2. The lowest BCUT2D eigenvalue weighted by Gasteiger charge is -2.25. The van der Waals surface area contributed by atoms with Crippen LogP contribution in [0.25, 0.3) is 0 Å². The minimum Gasteiger partial charge on any atom is -0.508 e. The van der Waals surface area contributed by atoms with Crippen molar-refractivity contribution in [3.63, 3.8) is 0 Å². The van der Waals surface area contributed by atoms with Gasteiger partial charge in [-0.3, -0.25) is 29.0 Å². The number of carbonyl (C=O) groups is 6. The number of guanidine groups is 1. The standard InChI is InChI=1S/C24H35N7O10/c25-14(7-8-18(33)34)20(37)30-16(10-12-3-5-13(32)6-4-12)22(39)29-15(2-1-9-28-24(26)27)21(38)31-17(23(40)41)11-19(35)36/h3-6,14-17,32H,1-2,7-11,25H2,(H,29,39)(H,30,37)(H,31,38)(H,33,34)(H,35,36)(H,40,41)(H4,26,27,28). The lowest BCUT2D eigenvalue weighted by Crippen LogP contribution is -2.57. The van der Waals surface area contributed by atoms with Crippen LogP contribution in [-0.4, -0.2) is 92.7 Å². The molecule has 0 fully saturated rings. The average molecular weight is 582 g/mol. The Morgan fingerprint density at radius 1 is 0.780 bits per heavy atom. The van der Waals surface area contributed by atoms with Crippen LogP contribution in [0.5, 0.6) is 5.75 Å². The van der Waals surface area contributed by atoms with Gasteiger partial charge >= 0.3 is 17.9 Å². The largest absolute Gasteiger partial charge is 0.508 e. The van der Waals surface area contributed by atoms with Crippen LogP contribution in [0.2, 0.25) is 0 Å². The number of nitrogens with zero attached hydrogens (tertiary/aromatic N) is 1. The molecule has 226 valence electrons. The molecular weight excluding hydrogens is 546 g/mol. The maximum Gasteiger partial charge on any atom is 0.326 e.